The summed E-state index contributed by atoms with van der Waals surface area (Å²) in [5, 5.41) is 60.9. The van der Waals surface area contributed by atoms with Crippen LogP contribution in [0, 0.1) is 58.2 Å². The lowest BCUT2D eigenvalue weighted by atomic mass is 9.44. The van der Waals surface area contributed by atoms with E-state index in [4.69, 9.17) is 21.1 Å². The zero-order valence-electron chi connectivity index (χ0n) is 42.9. The molecule has 0 spiro atoms. The number of hydrogen-bond donors (Lipinski definition) is 6. The maximum absolute atomic E-state index is 13.0. The van der Waals surface area contributed by atoms with Gasteiger partial charge in [-0.05, 0) is 192 Å². The number of carboxylic acids is 2. The molecule has 0 bridgehead atoms. The van der Waals surface area contributed by atoms with Gasteiger partial charge in [-0.3, -0.25) is 0 Å². The molecule has 4 aliphatic rings. The van der Waals surface area contributed by atoms with Crippen LogP contribution >= 0.6 is 11.6 Å². The van der Waals surface area contributed by atoms with Crippen molar-refractivity contribution >= 4 is 54.3 Å². The summed E-state index contributed by atoms with van der Waals surface area (Å²) in [6.45, 7) is 12.3. The summed E-state index contributed by atoms with van der Waals surface area (Å²) in [5.74, 6) is 3.59. The van der Waals surface area contributed by atoms with Gasteiger partial charge in [-0.15, -0.1) is 0 Å². The first-order chi connectivity index (χ1) is 34.4. The SMILES string of the molecule is CC(C)CCC[C@@H](C)[C@H]1CC[C@H]2[C@@H]3CC[C@H]4C[C@@H](CC/C=C(/c5ccc(OCc6ccccc6B(O)O)c(C(=O)O)c5)c5cc(Cl)c(OCc6ccccc6B(O)O)c(C(=O)O)c5)CC[C@]4(C)[C@H]3CC[C@]12C. The Bertz CT molecular complexity index is 2600. The molecule has 8 rings (SSSR count). The van der Waals surface area contributed by atoms with Crippen LogP contribution < -0.4 is 20.4 Å². The highest BCUT2D eigenvalue weighted by atomic mass is 35.5. The molecular weight excluding hydrogens is 926 g/mol. The third-order valence-electron chi connectivity index (χ3n) is 18.4. The fraction of sp³-hybridized carbons (Fsp3) is 0.525. The lowest BCUT2D eigenvalue weighted by molar-refractivity contribution is -0.121. The van der Waals surface area contributed by atoms with Crippen LogP contribution in [0.2, 0.25) is 5.02 Å². The summed E-state index contributed by atoms with van der Waals surface area (Å²) >= 11 is 6.92. The standard InChI is InChI=1S/C59H75B2ClO10/c1-36(2)12-10-13-37(3)48-23-24-49-45-22-21-43-30-38(26-28-58(43,4)50(45)27-29-59(48,49)5)14-11-17-44(39-20-25-54(46(31-39)56(63)64)71-34-40-15-6-8-18-51(40)60(67)68)42-32-47(57(65)66)55(53(62)33-42)72-35-41-16-7-9-19-52(41)61(69)70/h6-9,15-20,25,31-33,36-38,43,45,48-50,67-70H,10-14,21-24,26-30,34-35H2,1-5H3,(H,63,64)(H,65,66)/b44-17-/t37-,38+,43+,45+,48-,49+,50+,58+,59-/m1/s1. The Morgan fingerprint density at radius 1 is 0.722 bits per heavy atom. The van der Waals surface area contributed by atoms with Gasteiger partial charge in [0.15, 0.2) is 5.75 Å². The van der Waals surface area contributed by atoms with Crippen LogP contribution in [0.15, 0.2) is 84.9 Å². The number of carbonyl (C=O) groups is 2. The summed E-state index contributed by atoms with van der Waals surface area (Å²) < 4.78 is 12.0. The summed E-state index contributed by atoms with van der Waals surface area (Å²) in [7, 11) is -3.49. The molecule has 4 aromatic rings. The highest BCUT2D eigenvalue weighted by molar-refractivity contribution is 6.59. The maximum atomic E-state index is 13.0. The van der Waals surface area contributed by atoms with Crippen molar-refractivity contribution < 1.29 is 49.4 Å². The molecule has 0 heterocycles. The van der Waals surface area contributed by atoms with E-state index < -0.39 is 26.2 Å². The van der Waals surface area contributed by atoms with E-state index in [1.54, 1.807) is 66.7 Å². The van der Waals surface area contributed by atoms with Crippen LogP contribution in [0.1, 0.15) is 167 Å². The monoisotopic (exact) mass is 1000 g/mol. The molecule has 72 heavy (non-hydrogen) atoms. The van der Waals surface area contributed by atoms with Gasteiger partial charge in [0, 0.05) is 0 Å². The molecule has 4 fully saturated rings. The smallest absolute Gasteiger partial charge is 0.488 e. The molecule has 10 nitrogen and oxygen atoms in total. The van der Waals surface area contributed by atoms with Crippen LogP contribution in [-0.4, -0.2) is 56.5 Å². The van der Waals surface area contributed by atoms with Crippen molar-refractivity contribution in [3.05, 3.63) is 123 Å². The number of fused-ring (bicyclic) bond motifs is 5. The van der Waals surface area contributed by atoms with E-state index in [0.29, 0.717) is 56.9 Å². The van der Waals surface area contributed by atoms with Gasteiger partial charge in [0.2, 0.25) is 0 Å². The minimum atomic E-state index is -1.76. The number of allylic oxidation sites excluding steroid dienone is 1. The molecule has 4 aromatic carbocycles. The number of halogens is 1. The van der Waals surface area contributed by atoms with Crippen LogP contribution in [0.4, 0.5) is 0 Å². The first-order valence-electron chi connectivity index (χ1n) is 26.7. The first kappa shape index (κ1) is 53.7. The first-order valence-corrected chi connectivity index (χ1v) is 27.1. The molecule has 0 amide bonds. The topological polar surface area (TPSA) is 174 Å². The Morgan fingerprint density at radius 2 is 1.35 bits per heavy atom. The van der Waals surface area contributed by atoms with Crippen molar-refractivity contribution in [1.82, 2.24) is 0 Å². The second kappa shape index (κ2) is 22.9. The van der Waals surface area contributed by atoms with E-state index >= 15 is 0 Å². The van der Waals surface area contributed by atoms with Crippen molar-refractivity contribution in [3.8, 4) is 11.5 Å². The molecule has 0 unspecified atom stereocenters. The van der Waals surface area contributed by atoms with E-state index in [1.807, 2.05) is 0 Å². The summed E-state index contributed by atoms with van der Waals surface area (Å²) in [6, 6.07) is 21.2. The second-order valence-corrected chi connectivity index (χ2v) is 23.3. The average molecular weight is 1000 g/mol. The average Bonchev–Trinajstić information content (AvgIpc) is 3.71. The van der Waals surface area contributed by atoms with Gasteiger partial charge in [0.05, 0.1) is 5.02 Å². The Hall–Kier alpha value is -4.58. The number of hydrogen-bond acceptors (Lipinski definition) is 8. The van der Waals surface area contributed by atoms with Gasteiger partial charge in [0.25, 0.3) is 0 Å². The van der Waals surface area contributed by atoms with Gasteiger partial charge in [-0.2, -0.15) is 0 Å². The molecule has 6 N–H and O–H groups in total. The van der Waals surface area contributed by atoms with Crippen molar-refractivity contribution in [3.63, 3.8) is 0 Å². The second-order valence-electron chi connectivity index (χ2n) is 22.9. The van der Waals surface area contributed by atoms with Crippen LogP contribution in [0.5, 0.6) is 11.5 Å². The quantitative estimate of drug-likeness (QED) is 0.0468. The van der Waals surface area contributed by atoms with Gasteiger partial charge < -0.3 is 39.8 Å². The highest BCUT2D eigenvalue weighted by Crippen LogP contribution is 2.69. The molecule has 9 atom stereocenters. The molecule has 0 saturated heterocycles. The molecule has 0 aliphatic heterocycles. The summed E-state index contributed by atoms with van der Waals surface area (Å²) in [4.78, 5) is 25.9. The van der Waals surface area contributed by atoms with E-state index in [2.05, 4.69) is 40.7 Å². The predicted molar refractivity (Wildman–Crippen MR) is 286 cm³/mol. The third-order valence-corrected chi connectivity index (χ3v) is 18.7. The minimum Gasteiger partial charge on any atom is -0.488 e. The fourth-order valence-electron chi connectivity index (χ4n) is 14.7. The van der Waals surface area contributed by atoms with E-state index in [-0.39, 0.29) is 51.8 Å². The lowest BCUT2D eigenvalue weighted by Gasteiger charge is -2.61. The number of rotatable bonds is 20. The number of benzene rings is 4. The van der Waals surface area contributed by atoms with Crippen LogP contribution in [-0.2, 0) is 13.2 Å². The van der Waals surface area contributed by atoms with Crippen LogP contribution in [0.3, 0.4) is 0 Å². The van der Waals surface area contributed by atoms with Crippen molar-refractivity contribution in [2.75, 3.05) is 0 Å². The van der Waals surface area contributed by atoms with E-state index in [0.717, 1.165) is 41.9 Å². The summed E-state index contributed by atoms with van der Waals surface area (Å²) in [5.41, 5.74) is 3.49. The lowest BCUT2D eigenvalue weighted by Crippen LogP contribution is -2.53. The number of carboxylic acid groups (broad SMARTS) is 2. The van der Waals surface area contributed by atoms with Gasteiger partial charge in [-0.1, -0.05) is 126 Å². The Balaban J connectivity index is 1.03. The van der Waals surface area contributed by atoms with Crippen molar-refractivity contribution in [2.24, 2.45) is 58.2 Å². The normalized spacial score (nSPS) is 26.3. The number of ether oxygens (including phenoxy) is 2. The van der Waals surface area contributed by atoms with Crippen molar-refractivity contribution in [1.29, 1.82) is 0 Å². The zero-order valence-corrected chi connectivity index (χ0v) is 43.6. The Morgan fingerprint density at radius 3 is 2.00 bits per heavy atom. The van der Waals surface area contributed by atoms with Gasteiger partial charge in [0.1, 0.15) is 30.1 Å². The number of aromatic carboxylic acids is 2. The van der Waals surface area contributed by atoms with Gasteiger partial charge in [-0.25, -0.2) is 9.59 Å². The van der Waals surface area contributed by atoms with Crippen LogP contribution in [0.25, 0.3) is 5.57 Å². The largest absolute Gasteiger partial charge is 0.488 e. The van der Waals surface area contributed by atoms with Crippen molar-refractivity contribution in [2.45, 2.75) is 138 Å². The highest BCUT2D eigenvalue weighted by Gasteiger charge is 2.60. The van der Waals surface area contributed by atoms with Gasteiger partial charge >= 0.3 is 26.2 Å². The molecule has 4 saturated carbocycles. The molecule has 384 valence electrons. The predicted octanol–water partition coefficient (Wildman–Crippen LogP) is 11.2. The fourth-order valence-corrected chi connectivity index (χ4v) is 15.0. The Kier molecular flexibility index (Phi) is 17.1. The molecule has 0 radical (unpaired) electrons. The maximum Gasteiger partial charge on any atom is 0.488 e. The summed E-state index contributed by atoms with van der Waals surface area (Å²) in [6.07, 6.45) is 19.5. The molecule has 4 aliphatic carbocycles. The Labute approximate surface area is 432 Å². The molecular formula is C59H75B2ClO10. The minimum absolute atomic E-state index is 0.0236. The van der Waals surface area contributed by atoms with E-state index in [1.165, 1.54) is 89.2 Å². The zero-order chi connectivity index (χ0) is 51.5. The molecule has 13 heteroatoms. The third kappa shape index (κ3) is 11.4. The van der Waals surface area contributed by atoms with E-state index in [9.17, 15) is 39.9 Å². The molecule has 0 aromatic heterocycles.